The SMILES string of the molecule is C[C@@H](N)c1nc(-c2cc(C(C)(C)C)c(O)c(C(C)(C)C)c2)cs1.Cl. The molecule has 134 valence electrons. The molecule has 0 saturated carbocycles. The second-order valence-electron chi connectivity index (χ2n) is 8.28. The van der Waals surface area contributed by atoms with Crippen LogP contribution in [-0.4, -0.2) is 10.1 Å². The van der Waals surface area contributed by atoms with E-state index >= 15 is 0 Å². The standard InChI is InChI=1S/C19H28N2OS.ClH/c1-11(20)17-21-15(10-23-17)12-8-13(18(2,3)4)16(22)14(9-12)19(5,6)7;/h8-11,22H,20H2,1-7H3;1H/t11-;/m1./s1. The van der Waals surface area contributed by atoms with Crippen molar-refractivity contribution in [3.63, 3.8) is 0 Å². The van der Waals surface area contributed by atoms with Gasteiger partial charge in [-0.1, -0.05) is 41.5 Å². The van der Waals surface area contributed by atoms with E-state index in [0.717, 1.165) is 27.4 Å². The third-order valence-corrected chi connectivity index (χ3v) is 4.98. The molecule has 0 unspecified atom stereocenters. The summed E-state index contributed by atoms with van der Waals surface area (Å²) in [6, 6.07) is 4.06. The Hall–Kier alpha value is -1.10. The molecular weight excluding hydrogens is 340 g/mol. The van der Waals surface area contributed by atoms with Crippen molar-refractivity contribution < 1.29 is 5.11 Å². The van der Waals surface area contributed by atoms with Gasteiger partial charge in [0.05, 0.1) is 11.7 Å². The second-order valence-corrected chi connectivity index (χ2v) is 9.17. The number of phenolic OH excluding ortho intramolecular Hbond substituents is 1. The maximum Gasteiger partial charge on any atom is 0.123 e. The van der Waals surface area contributed by atoms with Gasteiger partial charge in [-0.3, -0.25) is 0 Å². The van der Waals surface area contributed by atoms with Gasteiger partial charge in [0.15, 0.2) is 0 Å². The smallest absolute Gasteiger partial charge is 0.123 e. The minimum Gasteiger partial charge on any atom is -0.507 e. The number of rotatable bonds is 2. The van der Waals surface area contributed by atoms with Gasteiger partial charge in [-0.15, -0.1) is 23.7 Å². The van der Waals surface area contributed by atoms with E-state index in [1.54, 1.807) is 11.3 Å². The van der Waals surface area contributed by atoms with Crippen molar-refractivity contribution in [3.8, 4) is 17.0 Å². The molecule has 0 radical (unpaired) electrons. The van der Waals surface area contributed by atoms with Crippen molar-refractivity contribution >= 4 is 23.7 Å². The Morgan fingerprint density at radius 1 is 1.04 bits per heavy atom. The number of hydrogen-bond donors (Lipinski definition) is 2. The van der Waals surface area contributed by atoms with E-state index in [-0.39, 0.29) is 29.3 Å². The molecule has 1 aromatic carbocycles. The Morgan fingerprint density at radius 2 is 1.50 bits per heavy atom. The van der Waals surface area contributed by atoms with Crippen molar-refractivity contribution in [2.24, 2.45) is 5.73 Å². The third-order valence-electron chi connectivity index (χ3n) is 3.93. The number of phenols is 1. The van der Waals surface area contributed by atoms with E-state index in [2.05, 4.69) is 58.7 Å². The molecule has 24 heavy (non-hydrogen) atoms. The highest BCUT2D eigenvalue weighted by molar-refractivity contribution is 7.10. The highest BCUT2D eigenvalue weighted by Crippen LogP contribution is 2.42. The molecule has 0 saturated heterocycles. The van der Waals surface area contributed by atoms with Gasteiger partial charge in [-0.2, -0.15) is 0 Å². The summed E-state index contributed by atoms with van der Waals surface area (Å²) in [6.45, 7) is 14.7. The molecule has 0 aliphatic carbocycles. The fourth-order valence-electron chi connectivity index (χ4n) is 2.56. The van der Waals surface area contributed by atoms with Gasteiger partial charge < -0.3 is 10.8 Å². The number of thiazole rings is 1. The zero-order valence-electron chi connectivity index (χ0n) is 15.6. The molecule has 3 N–H and O–H groups in total. The first-order valence-electron chi connectivity index (χ1n) is 8.00. The average Bonchev–Trinajstić information content (AvgIpc) is 2.85. The van der Waals surface area contributed by atoms with Crippen LogP contribution in [0.1, 0.15) is 70.6 Å². The Kier molecular flexibility index (Phi) is 6.13. The van der Waals surface area contributed by atoms with E-state index in [4.69, 9.17) is 5.73 Å². The van der Waals surface area contributed by atoms with Crippen LogP contribution in [0, 0.1) is 0 Å². The summed E-state index contributed by atoms with van der Waals surface area (Å²) in [5, 5.41) is 13.8. The van der Waals surface area contributed by atoms with Crippen molar-refractivity contribution in [2.75, 3.05) is 0 Å². The number of benzene rings is 1. The van der Waals surface area contributed by atoms with Gasteiger partial charge in [0.1, 0.15) is 10.8 Å². The normalized spacial score (nSPS) is 13.5. The molecule has 0 aliphatic heterocycles. The Balaban J connectivity index is 0.00000288. The van der Waals surface area contributed by atoms with Gasteiger partial charge in [-0.05, 0) is 29.9 Å². The van der Waals surface area contributed by atoms with Crippen LogP contribution in [0.2, 0.25) is 0 Å². The van der Waals surface area contributed by atoms with Crippen LogP contribution < -0.4 is 5.73 Å². The second kappa shape index (κ2) is 7.03. The predicted molar refractivity (Wildman–Crippen MR) is 106 cm³/mol. The van der Waals surface area contributed by atoms with Gasteiger partial charge in [0, 0.05) is 22.1 Å². The number of aromatic hydroxyl groups is 1. The molecule has 5 heteroatoms. The molecule has 0 amide bonds. The molecule has 2 aromatic rings. The summed E-state index contributed by atoms with van der Waals surface area (Å²) in [5.41, 5.74) is 9.54. The fourth-order valence-corrected chi connectivity index (χ4v) is 3.34. The first-order chi connectivity index (χ1) is 10.4. The van der Waals surface area contributed by atoms with Gasteiger partial charge in [0.2, 0.25) is 0 Å². The molecule has 1 heterocycles. The zero-order chi connectivity index (χ0) is 17.6. The highest BCUT2D eigenvalue weighted by Gasteiger charge is 2.27. The van der Waals surface area contributed by atoms with E-state index in [0.29, 0.717) is 5.75 Å². The fraction of sp³-hybridized carbons (Fsp3) is 0.526. The summed E-state index contributed by atoms with van der Waals surface area (Å²) in [6.07, 6.45) is 0. The van der Waals surface area contributed by atoms with Crippen LogP contribution in [0.15, 0.2) is 17.5 Å². The topological polar surface area (TPSA) is 59.1 Å². The molecule has 1 aromatic heterocycles. The molecule has 2 rings (SSSR count). The minimum atomic E-state index is -0.139. The molecule has 0 aliphatic rings. The minimum absolute atomic E-state index is 0. The van der Waals surface area contributed by atoms with Crippen LogP contribution in [0.3, 0.4) is 0 Å². The highest BCUT2D eigenvalue weighted by atomic mass is 35.5. The lowest BCUT2D eigenvalue weighted by Crippen LogP contribution is -2.17. The molecule has 0 bridgehead atoms. The van der Waals surface area contributed by atoms with Gasteiger partial charge in [0.25, 0.3) is 0 Å². The van der Waals surface area contributed by atoms with E-state index in [1.165, 1.54) is 0 Å². The first-order valence-corrected chi connectivity index (χ1v) is 8.88. The van der Waals surface area contributed by atoms with E-state index < -0.39 is 0 Å². The molecule has 3 nitrogen and oxygen atoms in total. The predicted octanol–water partition coefficient (Wildman–Crippen LogP) is 5.55. The average molecular weight is 369 g/mol. The molecule has 1 atom stereocenters. The maximum absolute atomic E-state index is 10.8. The van der Waals surface area contributed by atoms with Gasteiger partial charge in [-0.25, -0.2) is 4.98 Å². The van der Waals surface area contributed by atoms with Crippen molar-refractivity contribution in [2.45, 2.75) is 65.3 Å². The lowest BCUT2D eigenvalue weighted by Gasteiger charge is -2.28. The van der Waals surface area contributed by atoms with Crippen molar-refractivity contribution in [3.05, 3.63) is 33.6 Å². The summed E-state index contributed by atoms with van der Waals surface area (Å²) < 4.78 is 0. The monoisotopic (exact) mass is 368 g/mol. The van der Waals surface area contributed by atoms with Crippen molar-refractivity contribution in [1.29, 1.82) is 0 Å². The largest absolute Gasteiger partial charge is 0.507 e. The van der Waals surface area contributed by atoms with E-state index in [1.807, 2.05) is 12.3 Å². The quantitative estimate of drug-likeness (QED) is 0.730. The lowest BCUT2D eigenvalue weighted by atomic mass is 9.78. The lowest BCUT2D eigenvalue weighted by molar-refractivity contribution is 0.423. The van der Waals surface area contributed by atoms with Gasteiger partial charge >= 0.3 is 0 Å². The zero-order valence-corrected chi connectivity index (χ0v) is 17.2. The summed E-state index contributed by atoms with van der Waals surface area (Å²) in [5.74, 6) is 0.399. The Morgan fingerprint density at radius 3 is 1.83 bits per heavy atom. The molecule has 0 fully saturated rings. The Labute approximate surface area is 155 Å². The van der Waals surface area contributed by atoms with Crippen LogP contribution in [0.25, 0.3) is 11.3 Å². The molecular formula is C19H29ClN2OS. The Bertz CT molecular complexity index is 674. The van der Waals surface area contributed by atoms with Crippen LogP contribution >= 0.6 is 23.7 Å². The number of hydrogen-bond acceptors (Lipinski definition) is 4. The molecule has 0 spiro atoms. The van der Waals surface area contributed by atoms with E-state index in [9.17, 15) is 5.11 Å². The summed E-state index contributed by atoms with van der Waals surface area (Å²) >= 11 is 1.58. The van der Waals surface area contributed by atoms with Crippen LogP contribution in [0.4, 0.5) is 0 Å². The third kappa shape index (κ3) is 4.29. The number of nitrogens with zero attached hydrogens (tertiary/aromatic N) is 1. The number of halogens is 1. The van der Waals surface area contributed by atoms with Crippen molar-refractivity contribution in [1.82, 2.24) is 4.98 Å². The van der Waals surface area contributed by atoms with Crippen LogP contribution in [-0.2, 0) is 10.8 Å². The summed E-state index contributed by atoms with van der Waals surface area (Å²) in [4.78, 5) is 4.67. The number of nitrogens with two attached hydrogens (primary N) is 1. The first kappa shape index (κ1) is 20.9. The number of aromatic nitrogens is 1. The summed E-state index contributed by atoms with van der Waals surface area (Å²) in [7, 11) is 0. The maximum atomic E-state index is 10.8. The van der Waals surface area contributed by atoms with Crippen LogP contribution in [0.5, 0.6) is 5.75 Å².